The molecule has 2 N–H and O–H groups in total. The van der Waals surface area contributed by atoms with Gasteiger partial charge in [0.05, 0.1) is 13.0 Å². The summed E-state index contributed by atoms with van der Waals surface area (Å²) in [4.78, 5) is 52.2. The summed E-state index contributed by atoms with van der Waals surface area (Å²) in [7, 11) is 1.50. The van der Waals surface area contributed by atoms with Crippen molar-refractivity contribution in [3.63, 3.8) is 0 Å². The van der Waals surface area contributed by atoms with Crippen LogP contribution in [0.2, 0.25) is 0 Å². The van der Waals surface area contributed by atoms with Crippen LogP contribution in [-0.2, 0) is 23.9 Å². The molecule has 36 heavy (non-hydrogen) atoms. The van der Waals surface area contributed by atoms with Gasteiger partial charge in [-0.2, -0.15) is 0 Å². The van der Waals surface area contributed by atoms with E-state index in [0.29, 0.717) is 17.5 Å². The summed E-state index contributed by atoms with van der Waals surface area (Å²) in [5, 5.41) is 5.35. The van der Waals surface area contributed by atoms with Gasteiger partial charge in [-0.05, 0) is 57.7 Å². The van der Waals surface area contributed by atoms with Gasteiger partial charge in [-0.15, -0.1) is 6.42 Å². The minimum Gasteiger partial charge on any atom is -0.466 e. The van der Waals surface area contributed by atoms with Gasteiger partial charge < -0.3 is 25.0 Å². The minimum atomic E-state index is -1.03. The lowest BCUT2D eigenvalue weighted by molar-refractivity contribution is -0.143. The molecule has 0 fully saturated rings. The highest BCUT2D eigenvalue weighted by Crippen LogP contribution is 2.23. The van der Waals surface area contributed by atoms with Crippen molar-refractivity contribution >= 4 is 23.9 Å². The Bertz CT molecular complexity index is 944. The van der Waals surface area contributed by atoms with E-state index in [9.17, 15) is 19.2 Å². The van der Waals surface area contributed by atoms with Crippen molar-refractivity contribution < 1.29 is 28.7 Å². The highest BCUT2D eigenvalue weighted by Gasteiger charge is 2.34. The van der Waals surface area contributed by atoms with Gasteiger partial charge in [-0.1, -0.05) is 31.9 Å². The number of alkyl carbamates (subject to hydrolysis) is 1. The summed E-state index contributed by atoms with van der Waals surface area (Å²) in [5.41, 5.74) is 0.416. The van der Waals surface area contributed by atoms with Crippen LogP contribution in [0.3, 0.4) is 0 Å². The van der Waals surface area contributed by atoms with Crippen molar-refractivity contribution in [3.05, 3.63) is 35.4 Å². The first-order chi connectivity index (χ1) is 16.8. The van der Waals surface area contributed by atoms with Crippen molar-refractivity contribution in [1.29, 1.82) is 0 Å². The normalized spacial score (nSPS) is 12.6. The van der Waals surface area contributed by atoms with E-state index in [4.69, 9.17) is 15.9 Å². The second-order valence-electron chi connectivity index (χ2n) is 9.79. The Balaban J connectivity index is 3.20. The van der Waals surface area contributed by atoms with E-state index in [-0.39, 0.29) is 25.5 Å². The van der Waals surface area contributed by atoms with E-state index in [2.05, 4.69) is 16.6 Å². The van der Waals surface area contributed by atoms with E-state index in [1.165, 1.54) is 11.9 Å². The van der Waals surface area contributed by atoms with Crippen molar-refractivity contribution in [2.45, 2.75) is 72.1 Å². The lowest BCUT2D eigenvalue weighted by Crippen LogP contribution is -2.52. The van der Waals surface area contributed by atoms with E-state index < -0.39 is 41.6 Å². The molecular weight excluding hydrogens is 462 g/mol. The zero-order chi connectivity index (χ0) is 27.5. The number of nitrogens with zero attached hydrogens (tertiary/aromatic N) is 1. The number of carbonyl (C=O) groups excluding carboxylic acids is 4. The molecule has 1 aromatic rings. The molecule has 0 aliphatic carbocycles. The fourth-order valence-electron chi connectivity index (χ4n) is 3.45. The lowest BCUT2D eigenvalue weighted by Gasteiger charge is -2.32. The molecule has 0 radical (unpaired) electrons. The monoisotopic (exact) mass is 501 g/mol. The third-order valence-electron chi connectivity index (χ3n) is 5.01. The molecule has 0 saturated heterocycles. The Morgan fingerprint density at radius 3 is 2.22 bits per heavy atom. The maximum Gasteiger partial charge on any atom is 0.408 e. The molecular formula is C27H39N3O6. The SMILES string of the molecule is C#Cc1ccc(C(C(=O)NCCC(=O)OCC)N(C)C(=O)C(CC(C)C)NC(=O)OC(C)(C)C)cc1. The quantitative estimate of drug-likeness (QED) is 0.356. The molecule has 0 spiro atoms. The summed E-state index contributed by atoms with van der Waals surface area (Å²) in [5.74, 6) is 1.22. The molecule has 0 aliphatic heterocycles. The second-order valence-corrected chi connectivity index (χ2v) is 9.79. The van der Waals surface area contributed by atoms with Crippen LogP contribution in [0.1, 0.15) is 71.6 Å². The largest absolute Gasteiger partial charge is 0.466 e. The van der Waals surface area contributed by atoms with Crippen molar-refractivity contribution in [2.75, 3.05) is 20.2 Å². The Kier molecular flexibility index (Phi) is 12.0. The van der Waals surface area contributed by atoms with E-state index in [1.54, 1.807) is 52.0 Å². The Morgan fingerprint density at radius 1 is 1.11 bits per heavy atom. The molecule has 0 heterocycles. The van der Waals surface area contributed by atoms with Gasteiger partial charge >= 0.3 is 12.1 Å². The molecule has 2 atom stereocenters. The molecule has 1 rings (SSSR count). The molecule has 0 saturated carbocycles. The van der Waals surface area contributed by atoms with E-state index >= 15 is 0 Å². The lowest BCUT2D eigenvalue weighted by atomic mass is 9.99. The van der Waals surface area contributed by atoms with Gasteiger partial charge in [0.25, 0.3) is 0 Å². The Labute approximate surface area is 214 Å². The maximum absolute atomic E-state index is 13.6. The van der Waals surface area contributed by atoms with Crippen LogP contribution in [0.4, 0.5) is 4.79 Å². The van der Waals surface area contributed by atoms with Gasteiger partial charge in [-0.3, -0.25) is 14.4 Å². The standard InChI is InChI=1S/C27H39N3O6/c1-9-19-11-13-20(14-12-19)23(24(32)28-16-15-22(31)35-10-2)30(8)25(33)21(17-18(3)4)29-26(34)36-27(5,6)7/h1,11-14,18,21,23H,10,15-17H2,2-8H3,(H,28,32)(H,29,34). The molecule has 0 bridgehead atoms. The smallest absolute Gasteiger partial charge is 0.408 e. The number of hydrogen-bond donors (Lipinski definition) is 2. The van der Waals surface area contributed by atoms with Gasteiger partial charge in [0.1, 0.15) is 17.7 Å². The third-order valence-corrected chi connectivity index (χ3v) is 5.01. The molecule has 9 heteroatoms. The van der Waals surface area contributed by atoms with Gasteiger partial charge in [0, 0.05) is 19.2 Å². The van der Waals surface area contributed by atoms with Crippen molar-refractivity contribution in [2.24, 2.45) is 5.92 Å². The maximum atomic E-state index is 13.6. The first kappa shape index (κ1) is 30.5. The van der Waals surface area contributed by atoms with Crippen LogP contribution in [0.5, 0.6) is 0 Å². The predicted molar refractivity (Wildman–Crippen MR) is 137 cm³/mol. The summed E-state index contributed by atoms with van der Waals surface area (Å²) in [6.45, 7) is 11.0. The molecule has 1 aromatic carbocycles. The number of esters is 1. The molecule has 0 aliphatic rings. The number of carbonyl (C=O) groups is 4. The number of benzene rings is 1. The first-order valence-corrected chi connectivity index (χ1v) is 12.0. The predicted octanol–water partition coefficient (Wildman–Crippen LogP) is 3.18. The van der Waals surface area contributed by atoms with E-state index in [0.717, 1.165) is 0 Å². The number of rotatable bonds is 11. The van der Waals surface area contributed by atoms with Crippen LogP contribution in [0.25, 0.3) is 0 Å². The van der Waals surface area contributed by atoms with Crippen LogP contribution < -0.4 is 10.6 Å². The van der Waals surface area contributed by atoms with Crippen molar-refractivity contribution in [3.8, 4) is 12.3 Å². The minimum absolute atomic E-state index is 0.00380. The number of ether oxygens (including phenoxy) is 2. The fourth-order valence-corrected chi connectivity index (χ4v) is 3.45. The summed E-state index contributed by atoms with van der Waals surface area (Å²) < 4.78 is 10.2. The highest BCUT2D eigenvalue weighted by atomic mass is 16.6. The molecule has 198 valence electrons. The average Bonchev–Trinajstić information content (AvgIpc) is 2.77. The van der Waals surface area contributed by atoms with Crippen LogP contribution in [0.15, 0.2) is 24.3 Å². The molecule has 9 nitrogen and oxygen atoms in total. The number of nitrogens with one attached hydrogen (secondary N) is 2. The summed E-state index contributed by atoms with van der Waals surface area (Å²) >= 11 is 0. The zero-order valence-corrected chi connectivity index (χ0v) is 22.3. The van der Waals surface area contributed by atoms with Crippen molar-refractivity contribution in [1.82, 2.24) is 15.5 Å². The summed E-state index contributed by atoms with van der Waals surface area (Å²) in [6.07, 6.45) is 5.07. The topological polar surface area (TPSA) is 114 Å². The number of terminal acetylenes is 1. The number of likely N-dealkylation sites (N-methyl/N-ethyl adjacent to an activating group) is 1. The zero-order valence-electron chi connectivity index (χ0n) is 22.3. The number of amides is 3. The first-order valence-electron chi connectivity index (χ1n) is 12.0. The third kappa shape index (κ3) is 10.4. The molecule has 0 aromatic heterocycles. The van der Waals surface area contributed by atoms with Gasteiger partial charge in [-0.25, -0.2) is 4.79 Å². The highest BCUT2D eigenvalue weighted by molar-refractivity contribution is 5.92. The van der Waals surface area contributed by atoms with Crippen LogP contribution >= 0.6 is 0 Å². The molecule has 2 unspecified atom stereocenters. The Morgan fingerprint density at radius 2 is 1.72 bits per heavy atom. The van der Waals surface area contributed by atoms with Gasteiger partial charge in [0.2, 0.25) is 11.8 Å². The van der Waals surface area contributed by atoms with Crippen LogP contribution in [-0.4, -0.2) is 60.6 Å². The Hall–Kier alpha value is -3.54. The molecule has 3 amide bonds. The fraction of sp³-hybridized carbons (Fsp3) is 0.556. The number of hydrogen-bond acceptors (Lipinski definition) is 6. The van der Waals surface area contributed by atoms with Gasteiger partial charge in [0.15, 0.2) is 0 Å². The second kappa shape index (κ2) is 14.1. The summed E-state index contributed by atoms with van der Waals surface area (Å²) in [6, 6.07) is 4.76. The van der Waals surface area contributed by atoms with Crippen LogP contribution in [0, 0.1) is 18.3 Å². The van der Waals surface area contributed by atoms with E-state index in [1.807, 2.05) is 13.8 Å². The average molecular weight is 502 g/mol.